The van der Waals surface area contributed by atoms with Crippen LogP contribution in [0, 0.1) is 5.92 Å². The Morgan fingerprint density at radius 2 is 1.96 bits per heavy atom. The molecule has 1 N–H and O–H groups in total. The minimum absolute atomic E-state index is 0.0193. The second-order valence-electron chi connectivity index (χ2n) is 6.99. The van der Waals surface area contributed by atoms with Gasteiger partial charge >= 0.3 is 0 Å². The summed E-state index contributed by atoms with van der Waals surface area (Å²) >= 11 is 1.75. The third-order valence-electron chi connectivity index (χ3n) is 5.05. The molecule has 1 aromatic carbocycles. The average molecular weight is 389 g/mol. The van der Waals surface area contributed by atoms with Gasteiger partial charge in [0.1, 0.15) is 0 Å². The zero-order valence-electron chi connectivity index (χ0n) is 16.0. The lowest BCUT2D eigenvalue weighted by atomic mass is 9.97. The summed E-state index contributed by atoms with van der Waals surface area (Å²) in [4.78, 5) is 16.1. The molecule has 0 radical (unpaired) electrons. The van der Waals surface area contributed by atoms with E-state index in [0.29, 0.717) is 18.0 Å². The first kappa shape index (κ1) is 19.7. The summed E-state index contributed by atoms with van der Waals surface area (Å²) in [6.07, 6.45) is 2.43. The number of methoxy groups -OCH3 is 1. The minimum atomic E-state index is -0.118. The van der Waals surface area contributed by atoms with Crippen LogP contribution in [0.15, 0.2) is 41.8 Å². The second-order valence-corrected chi connectivity index (χ2v) is 7.97. The molecule has 5 nitrogen and oxygen atoms in total. The SMILES string of the molecule is COc1ccccc1OCC(=O)NCC(c1cccs1)N1CCC(C)CC1. The van der Waals surface area contributed by atoms with E-state index >= 15 is 0 Å². The zero-order valence-corrected chi connectivity index (χ0v) is 16.8. The van der Waals surface area contributed by atoms with E-state index in [-0.39, 0.29) is 18.6 Å². The van der Waals surface area contributed by atoms with Gasteiger partial charge in [-0.1, -0.05) is 25.1 Å². The quantitative estimate of drug-likeness (QED) is 0.749. The van der Waals surface area contributed by atoms with Gasteiger partial charge in [-0.3, -0.25) is 9.69 Å². The molecule has 2 heterocycles. The van der Waals surface area contributed by atoms with E-state index in [2.05, 4.69) is 34.7 Å². The fourth-order valence-corrected chi connectivity index (χ4v) is 4.23. The molecular formula is C21H28N2O3S. The van der Waals surface area contributed by atoms with Gasteiger partial charge in [0.25, 0.3) is 5.91 Å². The molecule has 146 valence electrons. The fraction of sp³-hybridized carbons (Fsp3) is 0.476. The zero-order chi connectivity index (χ0) is 19.1. The van der Waals surface area contributed by atoms with Crippen molar-refractivity contribution in [2.24, 2.45) is 5.92 Å². The van der Waals surface area contributed by atoms with E-state index in [9.17, 15) is 4.79 Å². The Bertz CT molecular complexity index is 712. The van der Waals surface area contributed by atoms with Crippen LogP contribution >= 0.6 is 11.3 Å². The van der Waals surface area contributed by atoms with Crippen molar-refractivity contribution >= 4 is 17.2 Å². The van der Waals surface area contributed by atoms with E-state index in [1.54, 1.807) is 24.5 Å². The highest BCUT2D eigenvalue weighted by atomic mass is 32.1. The number of thiophene rings is 1. The Balaban J connectivity index is 1.54. The van der Waals surface area contributed by atoms with Gasteiger partial charge in [-0.25, -0.2) is 0 Å². The van der Waals surface area contributed by atoms with Gasteiger partial charge in [0.2, 0.25) is 0 Å². The van der Waals surface area contributed by atoms with Crippen LogP contribution in [0.4, 0.5) is 0 Å². The van der Waals surface area contributed by atoms with Crippen molar-refractivity contribution < 1.29 is 14.3 Å². The molecule has 2 aromatic rings. The molecule has 1 aliphatic rings. The second kappa shape index (κ2) is 9.76. The Labute approximate surface area is 165 Å². The van der Waals surface area contributed by atoms with Gasteiger partial charge in [-0.15, -0.1) is 11.3 Å². The lowest BCUT2D eigenvalue weighted by molar-refractivity contribution is -0.123. The summed E-state index contributed by atoms with van der Waals surface area (Å²) in [6.45, 7) is 5.06. The van der Waals surface area contributed by atoms with Gasteiger partial charge in [0, 0.05) is 11.4 Å². The third-order valence-corrected chi connectivity index (χ3v) is 6.02. The van der Waals surface area contributed by atoms with E-state index in [1.165, 1.54) is 17.7 Å². The van der Waals surface area contributed by atoms with Gasteiger partial charge in [-0.05, 0) is 55.4 Å². The van der Waals surface area contributed by atoms with Crippen LogP contribution in [0.1, 0.15) is 30.7 Å². The minimum Gasteiger partial charge on any atom is -0.493 e. The number of hydrogen-bond acceptors (Lipinski definition) is 5. The van der Waals surface area contributed by atoms with E-state index < -0.39 is 0 Å². The summed E-state index contributed by atoms with van der Waals surface area (Å²) in [5, 5.41) is 5.15. The van der Waals surface area contributed by atoms with Crippen molar-refractivity contribution in [1.29, 1.82) is 0 Å². The van der Waals surface area contributed by atoms with Gasteiger partial charge in [-0.2, -0.15) is 0 Å². The topological polar surface area (TPSA) is 50.8 Å². The molecule has 1 saturated heterocycles. The predicted molar refractivity (Wildman–Crippen MR) is 109 cm³/mol. The number of amides is 1. The van der Waals surface area contributed by atoms with Crippen LogP contribution in [0.25, 0.3) is 0 Å². The van der Waals surface area contributed by atoms with Crippen molar-refractivity contribution in [2.45, 2.75) is 25.8 Å². The lowest BCUT2D eigenvalue weighted by Crippen LogP contribution is -2.42. The van der Waals surface area contributed by atoms with Crippen molar-refractivity contribution in [2.75, 3.05) is 33.4 Å². The maximum Gasteiger partial charge on any atom is 0.258 e. The Hall–Kier alpha value is -2.05. The summed E-state index contributed by atoms with van der Waals surface area (Å²) in [7, 11) is 1.59. The van der Waals surface area contributed by atoms with Crippen LogP contribution in [-0.4, -0.2) is 44.2 Å². The summed E-state index contributed by atoms with van der Waals surface area (Å²) in [5.74, 6) is 1.88. The number of likely N-dealkylation sites (tertiary alicyclic amines) is 1. The number of piperidine rings is 1. The molecule has 1 unspecified atom stereocenters. The highest BCUT2D eigenvalue weighted by molar-refractivity contribution is 7.10. The highest BCUT2D eigenvalue weighted by Crippen LogP contribution is 2.29. The van der Waals surface area contributed by atoms with Crippen molar-refractivity contribution in [3.63, 3.8) is 0 Å². The molecule has 0 spiro atoms. The molecule has 1 amide bonds. The summed E-state index contributed by atoms with van der Waals surface area (Å²) < 4.78 is 10.9. The molecule has 1 aromatic heterocycles. The molecule has 0 bridgehead atoms. The first-order valence-electron chi connectivity index (χ1n) is 9.47. The average Bonchev–Trinajstić information content (AvgIpc) is 3.22. The van der Waals surface area contributed by atoms with Crippen LogP contribution in [-0.2, 0) is 4.79 Å². The maximum atomic E-state index is 12.3. The highest BCUT2D eigenvalue weighted by Gasteiger charge is 2.25. The standard InChI is InChI=1S/C21H28N2O3S/c1-16-9-11-23(12-10-16)17(20-8-5-13-27-20)14-22-21(24)15-26-19-7-4-3-6-18(19)25-2/h3-8,13,16-17H,9-12,14-15H2,1-2H3,(H,22,24). The van der Waals surface area contributed by atoms with Gasteiger partial charge in [0.15, 0.2) is 18.1 Å². The van der Waals surface area contributed by atoms with Crippen LogP contribution in [0.5, 0.6) is 11.5 Å². The largest absolute Gasteiger partial charge is 0.493 e. The van der Waals surface area contributed by atoms with E-state index in [0.717, 1.165) is 19.0 Å². The lowest BCUT2D eigenvalue weighted by Gasteiger charge is -2.36. The number of rotatable bonds is 8. The Morgan fingerprint density at radius 3 is 2.63 bits per heavy atom. The van der Waals surface area contributed by atoms with Gasteiger partial charge < -0.3 is 14.8 Å². The van der Waals surface area contributed by atoms with Crippen LogP contribution in [0.3, 0.4) is 0 Å². The number of nitrogens with one attached hydrogen (secondary N) is 1. The fourth-order valence-electron chi connectivity index (χ4n) is 3.37. The summed E-state index contributed by atoms with van der Waals surface area (Å²) in [6, 6.07) is 11.8. The van der Waals surface area contributed by atoms with E-state index in [1.807, 2.05) is 18.2 Å². The number of hydrogen-bond donors (Lipinski definition) is 1. The molecule has 27 heavy (non-hydrogen) atoms. The van der Waals surface area contributed by atoms with Crippen molar-refractivity contribution in [1.82, 2.24) is 10.2 Å². The molecule has 0 aliphatic carbocycles. The molecule has 1 fully saturated rings. The number of carbonyl (C=O) groups excluding carboxylic acids is 1. The Morgan fingerprint density at radius 1 is 1.22 bits per heavy atom. The predicted octanol–water partition coefficient (Wildman–Crippen LogP) is 3.72. The number of para-hydroxylation sites is 2. The molecule has 6 heteroatoms. The molecule has 1 atom stereocenters. The van der Waals surface area contributed by atoms with Gasteiger partial charge in [0.05, 0.1) is 13.2 Å². The van der Waals surface area contributed by atoms with Crippen LogP contribution in [0.2, 0.25) is 0 Å². The first-order valence-corrected chi connectivity index (χ1v) is 10.3. The maximum absolute atomic E-state index is 12.3. The smallest absolute Gasteiger partial charge is 0.258 e. The van der Waals surface area contributed by atoms with E-state index in [4.69, 9.17) is 9.47 Å². The number of benzene rings is 1. The molecular weight excluding hydrogens is 360 g/mol. The third kappa shape index (κ3) is 5.47. The number of carbonyl (C=O) groups is 1. The number of nitrogens with zero attached hydrogens (tertiary/aromatic N) is 1. The van der Waals surface area contributed by atoms with Crippen molar-refractivity contribution in [3.8, 4) is 11.5 Å². The first-order chi connectivity index (χ1) is 13.2. The molecule has 3 rings (SSSR count). The molecule has 0 saturated carbocycles. The summed E-state index contributed by atoms with van der Waals surface area (Å²) in [5.41, 5.74) is 0. The molecule has 1 aliphatic heterocycles. The van der Waals surface area contributed by atoms with Crippen LogP contribution < -0.4 is 14.8 Å². The van der Waals surface area contributed by atoms with Crippen molar-refractivity contribution in [3.05, 3.63) is 46.7 Å². The monoisotopic (exact) mass is 388 g/mol. The number of ether oxygens (including phenoxy) is 2. The normalized spacial score (nSPS) is 16.7. The Kier molecular flexibility index (Phi) is 7.12.